The molecule has 5 heteroatoms. The number of aliphatic hydroxyl groups excluding tert-OH is 1. The Morgan fingerprint density at radius 3 is 2.80 bits per heavy atom. The molecule has 0 saturated heterocycles. The number of nitrogens with two attached hydrogens (primary N) is 2. The summed E-state index contributed by atoms with van der Waals surface area (Å²) in [6.07, 6.45) is 1.26. The summed E-state index contributed by atoms with van der Waals surface area (Å²) in [4.78, 5) is 11.3. The molecule has 15 heavy (non-hydrogen) atoms. The van der Waals surface area contributed by atoms with Gasteiger partial charge in [0.25, 0.3) is 0 Å². The topological polar surface area (TPSA) is 101 Å². The molecule has 0 bridgehead atoms. The van der Waals surface area contributed by atoms with E-state index in [-0.39, 0.29) is 23.9 Å². The Labute approximate surface area is 90.2 Å². The fourth-order valence-corrected chi connectivity index (χ4v) is 2.13. The van der Waals surface area contributed by atoms with E-state index >= 15 is 0 Å². The van der Waals surface area contributed by atoms with Gasteiger partial charge in [0.2, 0.25) is 5.91 Å². The van der Waals surface area contributed by atoms with E-state index in [9.17, 15) is 9.90 Å². The van der Waals surface area contributed by atoms with Crippen molar-refractivity contribution in [3.05, 3.63) is 0 Å². The summed E-state index contributed by atoms with van der Waals surface area (Å²) < 4.78 is 0. The molecule has 6 N–H and O–H groups in total. The van der Waals surface area contributed by atoms with Crippen LogP contribution in [0.5, 0.6) is 0 Å². The normalized spacial score (nSPS) is 36.3. The average Bonchev–Trinajstić information content (AvgIpc) is 2.13. The zero-order chi connectivity index (χ0) is 11.4. The minimum atomic E-state index is -0.494. The molecular formula is C10H21N3O2. The van der Waals surface area contributed by atoms with Crippen molar-refractivity contribution in [2.45, 2.75) is 44.4 Å². The first-order chi connectivity index (χ1) is 7.04. The highest BCUT2D eigenvalue weighted by Crippen LogP contribution is 2.23. The summed E-state index contributed by atoms with van der Waals surface area (Å²) in [7, 11) is 0. The average molecular weight is 215 g/mol. The minimum absolute atomic E-state index is 0.0616. The second-order valence-electron chi connectivity index (χ2n) is 4.41. The highest BCUT2D eigenvalue weighted by atomic mass is 16.3. The molecule has 1 rings (SSSR count). The van der Waals surface area contributed by atoms with E-state index in [0.29, 0.717) is 19.4 Å². The van der Waals surface area contributed by atoms with Crippen LogP contribution in [0.1, 0.15) is 26.2 Å². The number of nitrogens with one attached hydrogen (secondary N) is 1. The number of carbonyl (C=O) groups excluding carboxylic acids is 1. The largest absolute Gasteiger partial charge is 0.391 e. The summed E-state index contributed by atoms with van der Waals surface area (Å²) in [6.45, 7) is 2.28. The van der Waals surface area contributed by atoms with Gasteiger partial charge in [0, 0.05) is 19.0 Å². The molecule has 0 spiro atoms. The lowest BCUT2D eigenvalue weighted by Crippen LogP contribution is -2.53. The van der Waals surface area contributed by atoms with E-state index < -0.39 is 6.10 Å². The van der Waals surface area contributed by atoms with Crippen LogP contribution in [0.25, 0.3) is 0 Å². The fourth-order valence-electron chi connectivity index (χ4n) is 2.13. The highest BCUT2D eigenvalue weighted by Gasteiger charge is 2.33. The number of hydrogen-bond donors (Lipinski definition) is 4. The van der Waals surface area contributed by atoms with Crippen molar-refractivity contribution in [3.8, 4) is 0 Å². The number of aliphatic hydroxyl groups is 1. The molecule has 5 nitrogen and oxygen atoms in total. The lowest BCUT2D eigenvalue weighted by Gasteiger charge is -2.36. The molecule has 0 aromatic rings. The van der Waals surface area contributed by atoms with Crippen molar-refractivity contribution in [1.29, 1.82) is 0 Å². The van der Waals surface area contributed by atoms with Gasteiger partial charge in [-0.1, -0.05) is 6.92 Å². The van der Waals surface area contributed by atoms with Gasteiger partial charge < -0.3 is 21.9 Å². The maximum absolute atomic E-state index is 11.3. The first-order valence-electron chi connectivity index (χ1n) is 5.47. The van der Waals surface area contributed by atoms with Gasteiger partial charge in [-0.25, -0.2) is 0 Å². The smallest absolute Gasteiger partial charge is 0.221 e. The molecule has 0 aromatic heterocycles. The molecule has 1 aliphatic rings. The van der Waals surface area contributed by atoms with Crippen LogP contribution >= 0.6 is 0 Å². The van der Waals surface area contributed by atoms with Crippen LogP contribution in [0.15, 0.2) is 0 Å². The summed E-state index contributed by atoms with van der Waals surface area (Å²) >= 11 is 0. The van der Waals surface area contributed by atoms with E-state index in [4.69, 9.17) is 11.5 Å². The molecular weight excluding hydrogens is 194 g/mol. The predicted octanol–water partition coefficient (Wildman–Crippen LogP) is -1.06. The maximum atomic E-state index is 11.3. The van der Waals surface area contributed by atoms with Gasteiger partial charge in [-0.3, -0.25) is 4.79 Å². The van der Waals surface area contributed by atoms with E-state index in [1.165, 1.54) is 0 Å². The molecule has 1 fully saturated rings. The SMILES string of the molecule is C[C@H]1C[C@@H](N)C[C@@H](NC(=O)CCN)[C@@H]1O. The van der Waals surface area contributed by atoms with Crippen molar-refractivity contribution in [3.63, 3.8) is 0 Å². The molecule has 1 saturated carbocycles. The lowest BCUT2D eigenvalue weighted by atomic mass is 9.81. The van der Waals surface area contributed by atoms with Crippen LogP contribution in [-0.2, 0) is 4.79 Å². The molecule has 0 unspecified atom stereocenters. The van der Waals surface area contributed by atoms with Crippen molar-refractivity contribution < 1.29 is 9.90 Å². The molecule has 88 valence electrons. The number of hydrogen-bond acceptors (Lipinski definition) is 4. The molecule has 1 aliphatic carbocycles. The van der Waals surface area contributed by atoms with Gasteiger partial charge in [0.1, 0.15) is 0 Å². The monoisotopic (exact) mass is 215 g/mol. The van der Waals surface area contributed by atoms with Gasteiger partial charge in [-0.15, -0.1) is 0 Å². The van der Waals surface area contributed by atoms with Gasteiger partial charge in [0.05, 0.1) is 12.1 Å². The summed E-state index contributed by atoms with van der Waals surface area (Å²) in [5.74, 6) is 0.0276. The van der Waals surface area contributed by atoms with E-state index in [2.05, 4.69) is 5.32 Å². The summed E-state index contributed by atoms with van der Waals surface area (Å²) in [6, 6.07) is -0.158. The van der Waals surface area contributed by atoms with E-state index in [0.717, 1.165) is 6.42 Å². The Hall–Kier alpha value is -0.650. The first-order valence-corrected chi connectivity index (χ1v) is 5.47. The molecule has 4 atom stereocenters. The quantitative estimate of drug-likeness (QED) is 0.482. The third kappa shape index (κ3) is 3.44. The first kappa shape index (κ1) is 12.4. The van der Waals surface area contributed by atoms with Crippen LogP contribution in [0.2, 0.25) is 0 Å². The van der Waals surface area contributed by atoms with Gasteiger partial charge in [-0.2, -0.15) is 0 Å². The molecule has 0 aromatic carbocycles. The zero-order valence-corrected chi connectivity index (χ0v) is 9.15. The number of amides is 1. The molecule has 1 amide bonds. The van der Waals surface area contributed by atoms with Crippen LogP contribution < -0.4 is 16.8 Å². The van der Waals surface area contributed by atoms with Gasteiger partial charge >= 0.3 is 0 Å². The molecule has 0 radical (unpaired) electrons. The third-order valence-electron chi connectivity index (χ3n) is 2.94. The standard InChI is InChI=1S/C10H21N3O2/c1-6-4-7(12)5-8(10(6)15)13-9(14)2-3-11/h6-8,10,15H,2-5,11-12H2,1H3,(H,13,14)/t6-,7+,8+,10+/m0/s1. The Balaban J connectivity index is 2.48. The van der Waals surface area contributed by atoms with E-state index in [1.54, 1.807) is 0 Å². The molecule has 0 aliphatic heterocycles. The Morgan fingerprint density at radius 1 is 1.53 bits per heavy atom. The van der Waals surface area contributed by atoms with Crippen LogP contribution in [0, 0.1) is 5.92 Å². The summed E-state index contributed by atoms with van der Waals surface area (Å²) in [5, 5.41) is 12.7. The minimum Gasteiger partial charge on any atom is -0.391 e. The van der Waals surface area contributed by atoms with E-state index in [1.807, 2.05) is 6.92 Å². The second-order valence-corrected chi connectivity index (χ2v) is 4.41. The van der Waals surface area contributed by atoms with Crippen LogP contribution in [0.3, 0.4) is 0 Å². The van der Waals surface area contributed by atoms with Crippen molar-refractivity contribution in [2.75, 3.05) is 6.54 Å². The lowest BCUT2D eigenvalue weighted by molar-refractivity contribution is -0.123. The van der Waals surface area contributed by atoms with Crippen molar-refractivity contribution >= 4 is 5.91 Å². The number of rotatable bonds is 3. The van der Waals surface area contributed by atoms with Gasteiger partial charge in [0.15, 0.2) is 0 Å². The number of carbonyl (C=O) groups is 1. The Morgan fingerprint density at radius 2 is 2.20 bits per heavy atom. The maximum Gasteiger partial charge on any atom is 0.221 e. The van der Waals surface area contributed by atoms with Crippen molar-refractivity contribution in [1.82, 2.24) is 5.32 Å². The zero-order valence-electron chi connectivity index (χ0n) is 9.15. The Bertz CT molecular complexity index is 223. The predicted molar refractivity (Wildman–Crippen MR) is 58.0 cm³/mol. The highest BCUT2D eigenvalue weighted by molar-refractivity contribution is 5.76. The fraction of sp³-hybridized carbons (Fsp3) is 0.900. The second kappa shape index (κ2) is 5.44. The van der Waals surface area contributed by atoms with Crippen molar-refractivity contribution in [2.24, 2.45) is 17.4 Å². The van der Waals surface area contributed by atoms with Gasteiger partial charge in [-0.05, 0) is 18.8 Å². The van der Waals surface area contributed by atoms with Crippen LogP contribution in [-0.4, -0.2) is 35.7 Å². The third-order valence-corrected chi connectivity index (χ3v) is 2.94. The summed E-state index contributed by atoms with van der Waals surface area (Å²) in [5.41, 5.74) is 11.1. The Kier molecular flexibility index (Phi) is 4.50. The molecule has 0 heterocycles. The van der Waals surface area contributed by atoms with Crippen LogP contribution in [0.4, 0.5) is 0 Å².